The Hall–Kier alpha value is -1.64. The number of halogens is 1. The molecule has 100 valence electrons. The number of rotatable bonds is 3. The minimum Gasteiger partial charge on any atom is -0.380 e. The molecule has 0 aliphatic carbocycles. The summed E-state index contributed by atoms with van der Waals surface area (Å²) in [4.78, 5) is 13.1. The lowest BCUT2D eigenvalue weighted by Gasteiger charge is -2.16. The summed E-state index contributed by atoms with van der Waals surface area (Å²) in [5, 5.41) is 6.40. The molecule has 2 heterocycles. The number of H-pyrrole nitrogens is 1. The first-order valence-corrected chi connectivity index (χ1v) is 6.86. The third-order valence-electron chi connectivity index (χ3n) is 2.85. The lowest BCUT2D eigenvalue weighted by molar-refractivity contribution is -0.117. The van der Waals surface area contributed by atoms with Crippen molar-refractivity contribution in [1.29, 1.82) is 0 Å². The molecule has 1 atom stereocenters. The SMILES string of the molecule is Cc1[nH]nc(N)c1N1CC(CS(=O)(=O)F)CC1=O. The highest BCUT2D eigenvalue weighted by Gasteiger charge is 2.35. The van der Waals surface area contributed by atoms with Crippen molar-refractivity contribution in [3.05, 3.63) is 5.69 Å². The first-order valence-electron chi connectivity index (χ1n) is 5.31. The Morgan fingerprint density at radius 3 is 2.78 bits per heavy atom. The second-order valence-electron chi connectivity index (χ2n) is 4.36. The Morgan fingerprint density at radius 2 is 2.28 bits per heavy atom. The summed E-state index contributed by atoms with van der Waals surface area (Å²) in [6, 6.07) is 0. The number of nitrogens with zero attached hydrogens (tertiary/aromatic N) is 2. The smallest absolute Gasteiger partial charge is 0.302 e. The van der Waals surface area contributed by atoms with Gasteiger partial charge < -0.3 is 10.6 Å². The molecule has 0 saturated carbocycles. The standard InChI is InChI=1S/C9H13FN4O3S/c1-5-8(9(11)13-12-5)14-3-6(2-7(14)15)4-18(10,16)17/h6H,2-4H2,1H3,(H3,11,12,13). The number of aromatic nitrogens is 2. The first-order chi connectivity index (χ1) is 8.28. The maximum atomic E-state index is 12.6. The second kappa shape index (κ2) is 4.23. The number of nitrogens with two attached hydrogens (primary N) is 1. The van der Waals surface area contributed by atoms with Gasteiger partial charge in [0.1, 0.15) is 5.69 Å². The molecule has 1 aromatic heterocycles. The van der Waals surface area contributed by atoms with Crippen LogP contribution in [-0.2, 0) is 15.0 Å². The highest BCUT2D eigenvalue weighted by molar-refractivity contribution is 7.86. The van der Waals surface area contributed by atoms with Crippen molar-refractivity contribution in [2.24, 2.45) is 5.92 Å². The van der Waals surface area contributed by atoms with Crippen LogP contribution in [0.1, 0.15) is 12.1 Å². The summed E-state index contributed by atoms with van der Waals surface area (Å²) < 4.78 is 33.8. The molecule has 1 fully saturated rings. The van der Waals surface area contributed by atoms with Crippen LogP contribution in [0.5, 0.6) is 0 Å². The number of aryl methyl sites for hydroxylation is 1. The average molecular weight is 276 g/mol. The fourth-order valence-electron chi connectivity index (χ4n) is 2.17. The second-order valence-corrected chi connectivity index (χ2v) is 5.77. The van der Waals surface area contributed by atoms with Gasteiger partial charge in [-0.3, -0.25) is 9.89 Å². The molecular formula is C9H13FN4O3S. The highest BCUT2D eigenvalue weighted by atomic mass is 32.3. The third kappa shape index (κ3) is 2.45. The molecule has 18 heavy (non-hydrogen) atoms. The van der Waals surface area contributed by atoms with Gasteiger partial charge in [-0.1, -0.05) is 0 Å². The molecule has 0 radical (unpaired) electrons. The number of carbonyl (C=O) groups excluding carboxylic acids is 1. The van der Waals surface area contributed by atoms with E-state index in [1.165, 1.54) is 4.90 Å². The third-order valence-corrected chi connectivity index (χ3v) is 3.72. The normalized spacial score (nSPS) is 20.7. The van der Waals surface area contributed by atoms with Crippen LogP contribution >= 0.6 is 0 Å². The fourth-order valence-corrected chi connectivity index (χ4v) is 2.96. The molecule has 1 unspecified atom stereocenters. The quantitative estimate of drug-likeness (QED) is 0.752. The van der Waals surface area contributed by atoms with Gasteiger partial charge in [0.2, 0.25) is 5.91 Å². The zero-order chi connectivity index (χ0) is 13.5. The number of amides is 1. The van der Waals surface area contributed by atoms with Gasteiger partial charge in [0.15, 0.2) is 5.82 Å². The zero-order valence-corrected chi connectivity index (χ0v) is 10.5. The molecule has 1 amide bonds. The summed E-state index contributed by atoms with van der Waals surface area (Å²) in [5.74, 6) is -1.31. The molecule has 0 bridgehead atoms. The van der Waals surface area contributed by atoms with Crippen LogP contribution in [-0.4, -0.2) is 36.8 Å². The predicted octanol–water partition coefficient (Wildman–Crippen LogP) is -0.0475. The molecule has 9 heteroatoms. The molecule has 1 saturated heterocycles. The zero-order valence-electron chi connectivity index (χ0n) is 9.68. The van der Waals surface area contributed by atoms with Crippen molar-refractivity contribution in [2.45, 2.75) is 13.3 Å². The van der Waals surface area contributed by atoms with Crippen LogP contribution in [0.4, 0.5) is 15.4 Å². The molecule has 1 aliphatic heterocycles. The van der Waals surface area contributed by atoms with Gasteiger partial charge in [0.25, 0.3) is 0 Å². The Bertz CT molecular complexity index is 563. The molecule has 3 N–H and O–H groups in total. The van der Waals surface area contributed by atoms with E-state index in [1.807, 2.05) is 0 Å². The van der Waals surface area contributed by atoms with Gasteiger partial charge in [-0.15, -0.1) is 3.89 Å². The molecule has 1 aliphatic rings. The van der Waals surface area contributed by atoms with Crippen molar-refractivity contribution in [3.8, 4) is 0 Å². The summed E-state index contributed by atoms with van der Waals surface area (Å²) in [6.45, 7) is 1.83. The topological polar surface area (TPSA) is 109 Å². The predicted molar refractivity (Wildman–Crippen MR) is 63.1 cm³/mol. The van der Waals surface area contributed by atoms with Gasteiger partial charge in [0.05, 0.1) is 11.4 Å². The van der Waals surface area contributed by atoms with Crippen LogP contribution < -0.4 is 10.6 Å². The van der Waals surface area contributed by atoms with Crippen molar-refractivity contribution in [3.63, 3.8) is 0 Å². The van der Waals surface area contributed by atoms with E-state index < -0.39 is 21.9 Å². The summed E-state index contributed by atoms with van der Waals surface area (Å²) in [7, 11) is -4.58. The van der Waals surface area contributed by atoms with Crippen LogP contribution in [0.2, 0.25) is 0 Å². The van der Waals surface area contributed by atoms with Crippen molar-refractivity contribution in [2.75, 3.05) is 22.9 Å². The van der Waals surface area contributed by atoms with E-state index in [0.29, 0.717) is 11.4 Å². The van der Waals surface area contributed by atoms with Crippen LogP contribution in [0, 0.1) is 12.8 Å². The highest BCUT2D eigenvalue weighted by Crippen LogP contribution is 2.31. The van der Waals surface area contributed by atoms with E-state index in [4.69, 9.17) is 5.73 Å². The van der Waals surface area contributed by atoms with Crippen LogP contribution in [0.3, 0.4) is 0 Å². The maximum Gasteiger partial charge on any atom is 0.302 e. The minimum atomic E-state index is -4.58. The number of nitrogens with one attached hydrogen (secondary N) is 1. The fraction of sp³-hybridized carbons (Fsp3) is 0.556. The van der Waals surface area contributed by atoms with Gasteiger partial charge in [0, 0.05) is 18.9 Å². The Balaban J connectivity index is 2.20. The molecule has 0 aromatic carbocycles. The first kappa shape index (κ1) is 12.8. The molecule has 0 spiro atoms. The summed E-state index contributed by atoms with van der Waals surface area (Å²) >= 11 is 0. The number of aromatic amines is 1. The van der Waals surface area contributed by atoms with Gasteiger partial charge >= 0.3 is 10.2 Å². The number of nitrogen functional groups attached to an aromatic ring is 1. The van der Waals surface area contributed by atoms with Gasteiger partial charge in [-0.05, 0) is 6.92 Å². The lowest BCUT2D eigenvalue weighted by Crippen LogP contribution is -2.26. The molecule has 1 aromatic rings. The summed E-state index contributed by atoms with van der Waals surface area (Å²) in [6.07, 6.45) is -0.00674. The lowest BCUT2D eigenvalue weighted by atomic mass is 10.1. The largest absolute Gasteiger partial charge is 0.380 e. The van der Waals surface area contributed by atoms with Crippen LogP contribution in [0.15, 0.2) is 0 Å². The monoisotopic (exact) mass is 276 g/mol. The van der Waals surface area contributed by atoms with E-state index in [2.05, 4.69) is 10.2 Å². The van der Waals surface area contributed by atoms with Gasteiger partial charge in [-0.2, -0.15) is 13.5 Å². The molecular weight excluding hydrogens is 263 g/mol. The number of hydrogen-bond donors (Lipinski definition) is 2. The average Bonchev–Trinajstić information content (AvgIpc) is 2.68. The number of hydrogen-bond acceptors (Lipinski definition) is 5. The van der Waals surface area contributed by atoms with E-state index in [0.717, 1.165) is 0 Å². The number of anilines is 2. The van der Waals surface area contributed by atoms with Gasteiger partial charge in [-0.25, -0.2) is 0 Å². The maximum absolute atomic E-state index is 12.6. The van der Waals surface area contributed by atoms with E-state index in [-0.39, 0.29) is 24.7 Å². The Kier molecular flexibility index (Phi) is 3.01. The Morgan fingerprint density at radius 1 is 1.61 bits per heavy atom. The van der Waals surface area contributed by atoms with Crippen molar-refractivity contribution < 1.29 is 17.1 Å². The Labute approximate surface area is 103 Å². The molecule has 7 nitrogen and oxygen atoms in total. The summed E-state index contributed by atoms with van der Waals surface area (Å²) in [5.41, 5.74) is 6.69. The number of carbonyl (C=O) groups is 1. The van der Waals surface area contributed by atoms with E-state index in [1.54, 1.807) is 6.92 Å². The minimum absolute atomic E-state index is 0.00674. The molecule has 2 rings (SSSR count). The van der Waals surface area contributed by atoms with Crippen molar-refractivity contribution in [1.82, 2.24) is 10.2 Å². The van der Waals surface area contributed by atoms with E-state index in [9.17, 15) is 17.1 Å². The van der Waals surface area contributed by atoms with Crippen molar-refractivity contribution >= 4 is 27.6 Å². The van der Waals surface area contributed by atoms with E-state index >= 15 is 0 Å². The van der Waals surface area contributed by atoms with Crippen LogP contribution in [0.25, 0.3) is 0 Å².